The molecule has 3 aliphatic rings. The van der Waals surface area contributed by atoms with Gasteiger partial charge in [0.05, 0.1) is 6.04 Å². The molecule has 17 heavy (non-hydrogen) atoms. The highest BCUT2D eigenvalue weighted by molar-refractivity contribution is 7.99. The first-order valence-corrected chi connectivity index (χ1v) is 7.40. The third-order valence-corrected chi connectivity index (χ3v) is 5.18. The maximum atomic E-state index is 3.68. The second kappa shape index (κ2) is 3.76. The second-order valence-corrected chi connectivity index (χ2v) is 6.01. The average Bonchev–Trinajstić information content (AvgIpc) is 2.86. The van der Waals surface area contributed by atoms with E-state index in [-0.39, 0.29) is 0 Å². The molecule has 4 rings (SSSR count). The summed E-state index contributed by atoms with van der Waals surface area (Å²) in [4.78, 5) is 0. The van der Waals surface area contributed by atoms with Crippen molar-refractivity contribution >= 4 is 23.4 Å². The van der Waals surface area contributed by atoms with Crippen molar-refractivity contribution in [2.45, 2.75) is 6.04 Å². The normalized spacial score (nSPS) is 29.9. The number of fused-ring (bicyclic) bond motifs is 4. The molecule has 1 aromatic rings. The van der Waals surface area contributed by atoms with Crippen molar-refractivity contribution in [1.29, 1.82) is 0 Å². The smallest absolute Gasteiger partial charge is 0.0515 e. The van der Waals surface area contributed by atoms with Gasteiger partial charge in [0.1, 0.15) is 0 Å². The van der Waals surface area contributed by atoms with Crippen LogP contribution in [0.3, 0.4) is 0 Å². The average molecular weight is 241 g/mol. The summed E-state index contributed by atoms with van der Waals surface area (Å²) < 4.78 is 0. The lowest BCUT2D eigenvalue weighted by Crippen LogP contribution is -2.40. The number of hydrogen-bond donors (Lipinski definition) is 1. The van der Waals surface area contributed by atoms with Crippen LogP contribution in [0, 0.1) is 5.92 Å². The van der Waals surface area contributed by atoms with Crippen LogP contribution in [0.25, 0.3) is 11.6 Å². The van der Waals surface area contributed by atoms with E-state index < -0.39 is 0 Å². The van der Waals surface area contributed by atoms with Gasteiger partial charge >= 0.3 is 0 Å². The minimum Gasteiger partial charge on any atom is -0.306 e. The van der Waals surface area contributed by atoms with Gasteiger partial charge in [-0.1, -0.05) is 36.4 Å². The molecule has 1 fully saturated rings. The maximum Gasteiger partial charge on any atom is 0.0515 e. The highest BCUT2D eigenvalue weighted by atomic mass is 32.2. The van der Waals surface area contributed by atoms with Crippen LogP contribution in [0.15, 0.2) is 35.9 Å². The topological polar surface area (TPSA) is 12.0 Å². The zero-order valence-electron chi connectivity index (χ0n) is 9.65. The van der Waals surface area contributed by atoms with Crippen LogP contribution in [0.1, 0.15) is 11.1 Å². The van der Waals surface area contributed by atoms with E-state index in [1.54, 1.807) is 11.1 Å². The van der Waals surface area contributed by atoms with Crippen LogP contribution in [0.2, 0.25) is 0 Å². The zero-order chi connectivity index (χ0) is 11.2. The third-order valence-electron chi connectivity index (χ3n) is 4.03. The molecule has 0 amide bonds. The summed E-state index contributed by atoms with van der Waals surface area (Å²) in [6.45, 7) is 1.16. The van der Waals surface area contributed by atoms with Crippen LogP contribution in [-0.4, -0.2) is 24.1 Å². The molecule has 0 aromatic heterocycles. The Morgan fingerprint density at radius 1 is 1.24 bits per heavy atom. The Morgan fingerprint density at radius 2 is 2.18 bits per heavy atom. The monoisotopic (exact) mass is 241 g/mol. The van der Waals surface area contributed by atoms with Crippen LogP contribution in [0.5, 0.6) is 0 Å². The molecule has 1 aromatic carbocycles. The summed E-state index contributed by atoms with van der Waals surface area (Å²) >= 11 is 2.09. The first-order chi connectivity index (χ1) is 8.43. The van der Waals surface area contributed by atoms with Crippen molar-refractivity contribution in [3.63, 3.8) is 0 Å². The van der Waals surface area contributed by atoms with Gasteiger partial charge in [-0.15, -0.1) is 0 Å². The number of benzene rings is 1. The fourth-order valence-corrected chi connectivity index (χ4v) is 4.51. The molecule has 1 saturated heterocycles. The molecule has 2 unspecified atom stereocenters. The first-order valence-electron chi connectivity index (χ1n) is 6.25. The summed E-state index contributed by atoms with van der Waals surface area (Å²) in [5.74, 6) is 3.30. The molecule has 1 aliphatic carbocycles. The molecule has 1 N–H and O–H groups in total. The zero-order valence-corrected chi connectivity index (χ0v) is 10.5. The molecule has 2 heterocycles. The molecule has 2 aliphatic heterocycles. The lowest BCUT2D eigenvalue weighted by atomic mass is 9.80. The van der Waals surface area contributed by atoms with Gasteiger partial charge in [0.25, 0.3) is 0 Å². The van der Waals surface area contributed by atoms with E-state index in [1.807, 2.05) is 0 Å². The lowest BCUT2D eigenvalue weighted by Gasteiger charge is -2.33. The molecule has 2 atom stereocenters. The minimum atomic E-state index is 0.454. The van der Waals surface area contributed by atoms with Crippen LogP contribution >= 0.6 is 11.8 Å². The Kier molecular flexibility index (Phi) is 2.20. The summed E-state index contributed by atoms with van der Waals surface area (Å²) in [6.07, 6.45) is 4.59. The molecule has 0 saturated carbocycles. The fourth-order valence-electron chi connectivity index (χ4n) is 3.17. The van der Waals surface area contributed by atoms with E-state index in [4.69, 9.17) is 0 Å². The molecule has 0 bridgehead atoms. The highest BCUT2D eigenvalue weighted by Crippen LogP contribution is 2.42. The molecular weight excluding hydrogens is 226 g/mol. The van der Waals surface area contributed by atoms with Gasteiger partial charge in [0, 0.05) is 24.0 Å². The lowest BCUT2D eigenvalue weighted by molar-refractivity contribution is 0.554. The van der Waals surface area contributed by atoms with Gasteiger partial charge < -0.3 is 5.32 Å². The minimum absolute atomic E-state index is 0.454. The molecule has 0 spiro atoms. The van der Waals surface area contributed by atoms with Crippen LogP contribution in [0.4, 0.5) is 0 Å². The molecular formula is C15H15NS. The van der Waals surface area contributed by atoms with E-state index in [0.29, 0.717) is 6.04 Å². The Bertz CT molecular complexity index is 529. The van der Waals surface area contributed by atoms with E-state index in [9.17, 15) is 0 Å². The van der Waals surface area contributed by atoms with Gasteiger partial charge in [0.2, 0.25) is 0 Å². The van der Waals surface area contributed by atoms with Crippen molar-refractivity contribution in [2.24, 2.45) is 5.92 Å². The highest BCUT2D eigenvalue weighted by Gasteiger charge is 2.34. The predicted molar refractivity (Wildman–Crippen MR) is 75.0 cm³/mol. The molecule has 2 heteroatoms. The van der Waals surface area contributed by atoms with Gasteiger partial charge in [-0.25, -0.2) is 0 Å². The third kappa shape index (κ3) is 1.44. The van der Waals surface area contributed by atoms with Crippen molar-refractivity contribution < 1.29 is 0 Å². The SMILES string of the molecule is C1=CC2NCC3CSCC3=C2c2ccccc21. The molecule has 0 radical (unpaired) electrons. The molecule has 1 nitrogen and oxygen atoms in total. The summed E-state index contributed by atoms with van der Waals surface area (Å²) in [5.41, 5.74) is 6.11. The summed E-state index contributed by atoms with van der Waals surface area (Å²) in [6, 6.07) is 9.25. The van der Waals surface area contributed by atoms with Crippen molar-refractivity contribution in [1.82, 2.24) is 5.32 Å². The number of hydrogen-bond acceptors (Lipinski definition) is 2. The van der Waals surface area contributed by atoms with Crippen molar-refractivity contribution in [2.75, 3.05) is 18.1 Å². The summed E-state index contributed by atoms with van der Waals surface area (Å²) in [7, 11) is 0. The Hall–Kier alpha value is -0.990. The number of nitrogens with one attached hydrogen (secondary N) is 1. The molecule has 86 valence electrons. The van der Waals surface area contributed by atoms with Crippen LogP contribution in [-0.2, 0) is 0 Å². The second-order valence-electron chi connectivity index (χ2n) is 4.98. The van der Waals surface area contributed by atoms with Crippen LogP contribution < -0.4 is 5.32 Å². The van der Waals surface area contributed by atoms with E-state index >= 15 is 0 Å². The van der Waals surface area contributed by atoms with E-state index in [2.05, 4.69) is 53.5 Å². The van der Waals surface area contributed by atoms with Crippen molar-refractivity contribution in [3.8, 4) is 0 Å². The maximum absolute atomic E-state index is 3.68. The van der Waals surface area contributed by atoms with Crippen molar-refractivity contribution in [3.05, 3.63) is 47.0 Å². The van der Waals surface area contributed by atoms with E-state index in [0.717, 1.165) is 12.5 Å². The van der Waals surface area contributed by atoms with Gasteiger partial charge in [0.15, 0.2) is 0 Å². The van der Waals surface area contributed by atoms with Gasteiger partial charge in [-0.05, 0) is 22.3 Å². The Labute approximate surface area is 106 Å². The van der Waals surface area contributed by atoms with Gasteiger partial charge in [-0.2, -0.15) is 11.8 Å². The summed E-state index contributed by atoms with van der Waals surface area (Å²) in [5, 5.41) is 3.68. The largest absolute Gasteiger partial charge is 0.306 e. The first kappa shape index (κ1) is 9.98. The Morgan fingerprint density at radius 3 is 3.18 bits per heavy atom. The predicted octanol–water partition coefficient (Wildman–Crippen LogP) is 2.80. The number of thioether (sulfide) groups is 1. The fraction of sp³-hybridized carbons (Fsp3) is 0.333. The Balaban J connectivity index is 1.96. The van der Waals surface area contributed by atoms with E-state index in [1.165, 1.54) is 22.6 Å². The quantitative estimate of drug-likeness (QED) is 0.749. The standard InChI is InChI=1S/C15H15NS/c1-2-4-12-10(3-1)5-6-14-15(12)13-9-17-8-11(13)7-16-14/h1-6,11,14,16H,7-9H2. The number of rotatable bonds is 0. The van der Waals surface area contributed by atoms with Gasteiger partial charge in [-0.3, -0.25) is 0 Å².